The van der Waals surface area contributed by atoms with Gasteiger partial charge in [-0.05, 0) is 5.56 Å². The van der Waals surface area contributed by atoms with E-state index in [0.29, 0.717) is 0 Å². The maximum absolute atomic E-state index is 5.30. The SMILES string of the molecule is S=C(Cc1ccccc1)Sn1ccnc1. The van der Waals surface area contributed by atoms with Gasteiger partial charge in [0.05, 0.1) is 4.20 Å². The lowest BCUT2D eigenvalue weighted by Crippen LogP contribution is -1.97. The van der Waals surface area contributed by atoms with Crippen LogP contribution in [0.2, 0.25) is 0 Å². The Balaban J connectivity index is 1.94. The second kappa shape index (κ2) is 5.09. The van der Waals surface area contributed by atoms with Crippen molar-refractivity contribution in [1.82, 2.24) is 8.96 Å². The molecule has 0 bridgehead atoms. The third kappa shape index (κ3) is 3.18. The van der Waals surface area contributed by atoms with Crippen LogP contribution in [-0.2, 0) is 6.42 Å². The van der Waals surface area contributed by atoms with Gasteiger partial charge < -0.3 is 0 Å². The van der Waals surface area contributed by atoms with Crippen LogP contribution in [0.25, 0.3) is 0 Å². The number of benzene rings is 1. The second-order valence-electron chi connectivity index (χ2n) is 3.05. The molecule has 2 aromatic rings. The topological polar surface area (TPSA) is 17.8 Å². The van der Waals surface area contributed by atoms with Crippen molar-refractivity contribution < 1.29 is 0 Å². The highest BCUT2D eigenvalue weighted by atomic mass is 32.2. The fourth-order valence-corrected chi connectivity index (χ4v) is 2.32. The molecule has 0 aliphatic carbocycles. The van der Waals surface area contributed by atoms with Crippen molar-refractivity contribution in [2.45, 2.75) is 6.42 Å². The van der Waals surface area contributed by atoms with Gasteiger partial charge in [0, 0.05) is 30.8 Å². The van der Waals surface area contributed by atoms with Crippen molar-refractivity contribution in [2.24, 2.45) is 0 Å². The van der Waals surface area contributed by atoms with Crippen LogP contribution in [0, 0.1) is 0 Å². The fourth-order valence-electron chi connectivity index (χ4n) is 1.21. The van der Waals surface area contributed by atoms with Gasteiger partial charge >= 0.3 is 0 Å². The number of rotatable bonds is 3. The van der Waals surface area contributed by atoms with E-state index in [1.165, 1.54) is 17.5 Å². The van der Waals surface area contributed by atoms with Gasteiger partial charge in [-0.15, -0.1) is 0 Å². The Labute approximate surface area is 98.5 Å². The van der Waals surface area contributed by atoms with E-state index in [4.69, 9.17) is 12.2 Å². The summed E-state index contributed by atoms with van der Waals surface area (Å²) in [6, 6.07) is 10.2. The molecule has 76 valence electrons. The van der Waals surface area contributed by atoms with Crippen molar-refractivity contribution in [3.05, 3.63) is 54.6 Å². The standard InChI is InChI=1S/C11H10N2S2/c14-11(15-13-7-6-12-9-13)8-10-4-2-1-3-5-10/h1-7,9H,8H2. The van der Waals surface area contributed by atoms with Crippen molar-refractivity contribution in [3.8, 4) is 0 Å². The van der Waals surface area contributed by atoms with Gasteiger partial charge in [-0.3, -0.25) is 3.97 Å². The molecule has 15 heavy (non-hydrogen) atoms. The van der Waals surface area contributed by atoms with Crippen molar-refractivity contribution in [1.29, 1.82) is 0 Å². The minimum Gasteiger partial charge on any atom is -0.275 e. The molecule has 0 aliphatic rings. The maximum atomic E-state index is 5.30. The molecule has 1 aromatic heterocycles. The predicted molar refractivity (Wildman–Crippen MR) is 68.0 cm³/mol. The van der Waals surface area contributed by atoms with Crippen LogP contribution in [0.4, 0.5) is 0 Å². The Hall–Kier alpha value is -1.13. The smallest absolute Gasteiger partial charge is 0.105 e. The summed E-state index contributed by atoms with van der Waals surface area (Å²) in [7, 11) is 0. The molecule has 2 nitrogen and oxygen atoms in total. The van der Waals surface area contributed by atoms with Crippen LogP contribution in [0.5, 0.6) is 0 Å². The predicted octanol–water partition coefficient (Wildman–Crippen LogP) is 2.95. The summed E-state index contributed by atoms with van der Waals surface area (Å²) in [5.74, 6) is 0. The fraction of sp³-hybridized carbons (Fsp3) is 0.0909. The summed E-state index contributed by atoms with van der Waals surface area (Å²) in [5.41, 5.74) is 1.25. The van der Waals surface area contributed by atoms with Gasteiger partial charge in [-0.25, -0.2) is 4.98 Å². The first-order valence-corrected chi connectivity index (χ1v) is 5.76. The second-order valence-corrected chi connectivity index (χ2v) is 4.90. The molecule has 1 heterocycles. The van der Waals surface area contributed by atoms with Crippen LogP contribution in [0.15, 0.2) is 49.1 Å². The third-order valence-electron chi connectivity index (χ3n) is 1.88. The molecule has 0 spiro atoms. The van der Waals surface area contributed by atoms with Crippen molar-refractivity contribution in [3.63, 3.8) is 0 Å². The number of hydrogen-bond donors (Lipinski definition) is 0. The molecule has 1 aromatic carbocycles. The van der Waals surface area contributed by atoms with E-state index < -0.39 is 0 Å². The molecule has 0 radical (unpaired) electrons. The Bertz CT molecular complexity index is 423. The number of thiocarbonyl (C=S) groups is 1. The van der Waals surface area contributed by atoms with E-state index in [2.05, 4.69) is 17.1 Å². The number of aromatic nitrogens is 2. The highest BCUT2D eigenvalue weighted by molar-refractivity contribution is 8.22. The van der Waals surface area contributed by atoms with Crippen LogP contribution in [0.1, 0.15) is 5.56 Å². The molecule has 0 fully saturated rings. The zero-order valence-electron chi connectivity index (χ0n) is 8.04. The third-order valence-corrected chi connectivity index (χ3v) is 3.02. The van der Waals surface area contributed by atoms with Crippen LogP contribution in [0.3, 0.4) is 0 Å². The first-order valence-electron chi connectivity index (χ1n) is 4.57. The number of imidazole rings is 1. The van der Waals surface area contributed by atoms with Crippen LogP contribution in [-0.4, -0.2) is 13.2 Å². The lowest BCUT2D eigenvalue weighted by atomic mass is 10.2. The largest absolute Gasteiger partial charge is 0.275 e. The molecular formula is C11H10N2S2. The molecule has 4 heteroatoms. The van der Waals surface area contributed by atoms with E-state index in [-0.39, 0.29) is 0 Å². The van der Waals surface area contributed by atoms with Gasteiger partial charge in [-0.1, -0.05) is 42.5 Å². The Kier molecular flexibility index (Phi) is 3.53. The highest BCUT2D eigenvalue weighted by Crippen LogP contribution is 2.12. The summed E-state index contributed by atoms with van der Waals surface area (Å²) in [5, 5.41) is 0. The molecule has 0 unspecified atom stereocenters. The molecule has 0 aliphatic heterocycles. The normalized spacial score (nSPS) is 10.1. The molecular weight excluding hydrogens is 224 g/mol. The first-order chi connectivity index (χ1) is 7.34. The van der Waals surface area contributed by atoms with Gasteiger partial charge in [0.2, 0.25) is 0 Å². The van der Waals surface area contributed by atoms with E-state index in [1.54, 1.807) is 12.5 Å². The molecule has 2 rings (SSSR count). The molecule has 0 N–H and O–H groups in total. The lowest BCUT2D eigenvalue weighted by molar-refractivity contribution is 1.24. The maximum Gasteiger partial charge on any atom is 0.105 e. The molecule has 0 saturated carbocycles. The zero-order chi connectivity index (χ0) is 10.5. The van der Waals surface area contributed by atoms with E-state index in [9.17, 15) is 0 Å². The average Bonchev–Trinajstić information content (AvgIpc) is 2.71. The Morgan fingerprint density at radius 3 is 2.80 bits per heavy atom. The zero-order valence-corrected chi connectivity index (χ0v) is 9.67. The Morgan fingerprint density at radius 1 is 1.33 bits per heavy atom. The van der Waals surface area contributed by atoms with Crippen molar-refractivity contribution in [2.75, 3.05) is 0 Å². The number of hydrogen-bond acceptors (Lipinski definition) is 3. The molecule has 0 atom stereocenters. The molecule has 0 saturated heterocycles. The van der Waals surface area contributed by atoms with E-state index in [1.807, 2.05) is 28.4 Å². The monoisotopic (exact) mass is 234 g/mol. The van der Waals surface area contributed by atoms with Crippen molar-refractivity contribution >= 4 is 28.4 Å². The lowest BCUT2D eigenvalue weighted by Gasteiger charge is -2.03. The molecule has 0 amide bonds. The first kappa shape index (κ1) is 10.4. The minimum absolute atomic E-state index is 0.818. The summed E-state index contributed by atoms with van der Waals surface area (Å²) in [6.45, 7) is 0. The Morgan fingerprint density at radius 2 is 2.13 bits per heavy atom. The summed E-state index contributed by atoms with van der Waals surface area (Å²) in [6.07, 6.45) is 6.21. The average molecular weight is 234 g/mol. The van der Waals surface area contributed by atoms with Gasteiger partial charge in [0.25, 0.3) is 0 Å². The van der Waals surface area contributed by atoms with Crippen LogP contribution < -0.4 is 0 Å². The van der Waals surface area contributed by atoms with Crippen LogP contribution >= 0.6 is 24.2 Å². The summed E-state index contributed by atoms with van der Waals surface area (Å²) >= 11 is 6.83. The van der Waals surface area contributed by atoms with E-state index >= 15 is 0 Å². The van der Waals surface area contributed by atoms with Gasteiger partial charge in [-0.2, -0.15) is 0 Å². The number of nitrogens with zero attached hydrogens (tertiary/aromatic N) is 2. The van der Waals surface area contributed by atoms with Gasteiger partial charge in [0.15, 0.2) is 0 Å². The summed E-state index contributed by atoms with van der Waals surface area (Å²) in [4.78, 5) is 3.96. The highest BCUT2D eigenvalue weighted by Gasteiger charge is 2.00. The van der Waals surface area contributed by atoms with Gasteiger partial charge in [0.1, 0.15) is 6.33 Å². The quantitative estimate of drug-likeness (QED) is 0.760. The minimum atomic E-state index is 0.818. The summed E-state index contributed by atoms with van der Waals surface area (Å²) < 4.78 is 2.85. The van der Waals surface area contributed by atoms with E-state index in [0.717, 1.165) is 10.6 Å².